The monoisotopic (exact) mass is 247 g/mol. The van der Waals surface area contributed by atoms with E-state index < -0.39 is 0 Å². The van der Waals surface area contributed by atoms with Gasteiger partial charge in [0.25, 0.3) is 0 Å². The van der Waals surface area contributed by atoms with Crippen LogP contribution in [0.3, 0.4) is 0 Å². The number of hydrogen-bond donors (Lipinski definition) is 0. The van der Waals surface area contributed by atoms with E-state index in [0.717, 1.165) is 18.4 Å². The lowest BCUT2D eigenvalue weighted by molar-refractivity contribution is 0.0940. The Morgan fingerprint density at radius 3 is 2.72 bits per heavy atom. The molecule has 1 aromatic carbocycles. The first kappa shape index (κ1) is 13.1. The van der Waals surface area contributed by atoms with Crippen LogP contribution in [0, 0.1) is 11.8 Å². The number of benzene rings is 1. The number of ether oxygens (including phenoxy) is 1. The summed E-state index contributed by atoms with van der Waals surface area (Å²) in [5.41, 5.74) is 0.677. The maximum absolute atomic E-state index is 12.2. The number of Topliss-reactive ketones (excluding diaryl/α,β-unsaturated/α-hetero) is 1. The van der Waals surface area contributed by atoms with Gasteiger partial charge >= 0.3 is 0 Å². The number of hydrogen-bond acceptors (Lipinski definition) is 3. The molecular formula is C15H21NO2. The second kappa shape index (κ2) is 5.53. The zero-order valence-corrected chi connectivity index (χ0v) is 11.3. The predicted molar refractivity (Wildman–Crippen MR) is 72.1 cm³/mol. The van der Waals surface area contributed by atoms with Crippen molar-refractivity contribution < 1.29 is 9.53 Å². The van der Waals surface area contributed by atoms with Crippen LogP contribution < -0.4 is 4.74 Å². The molecule has 1 aliphatic rings. The summed E-state index contributed by atoms with van der Waals surface area (Å²) in [7, 11) is 3.61. The highest BCUT2D eigenvalue weighted by atomic mass is 16.5. The van der Waals surface area contributed by atoms with Crippen LogP contribution in [0.15, 0.2) is 24.3 Å². The molecule has 0 N–H and O–H groups in total. The summed E-state index contributed by atoms with van der Waals surface area (Å²) >= 11 is 0. The number of methoxy groups -OCH3 is 1. The normalized spacial score (nSPS) is 22.0. The third kappa shape index (κ3) is 3.10. The van der Waals surface area contributed by atoms with Gasteiger partial charge in [-0.15, -0.1) is 0 Å². The lowest BCUT2D eigenvalue weighted by atomic mass is 10.1. The van der Waals surface area contributed by atoms with Crippen LogP contribution in [-0.2, 0) is 0 Å². The van der Waals surface area contributed by atoms with E-state index in [-0.39, 0.29) is 5.78 Å². The molecule has 2 rings (SSSR count). The topological polar surface area (TPSA) is 29.5 Å². The van der Waals surface area contributed by atoms with E-state index in [0.29, 0.717) is 17.9 Å². The molecule has 0 amide bonds. The Kier molecular flexibility index (Phi) is 4.02. The number of ketones is 1. The summed E-state index contributed by atoms with van der Waals surface area (Å²) in [6, 6.07) is 7.41. The van der Waals surface area contributed by atoms with E-state index in [1.54, 1.807) is 7.11 Å². The molecule has 0 heterocycles. The van der Waals surface area contributed by atoms with Crippen LogP contribution in [0.25, 0.3) is 0 Å². The molecular weight excluding hydrogens is 226 g/mol. The lowest BCUT2D eigenvalue weighted by Gasteiger charge is -2.16. The van der Waals surface area contributed by atoms with Gasteiger partial charge in [-0.1, -0.05) is 19.1 Å². The molecule has 0 saturated heterocycles. The van der Waals surface area contributed by atoms with Crippen LogP contribution in [0.1, 0.15) is 23.7 Å². The van der Waals surface area contributed by atoms with Gasteiger partial charge in [0.1, 0.15) is 5.75 Å². The third-order valence-electron chi connectivity index (χ3n) is 3.64. The second-order valence-electron chi connectivity index (χ2n) is 5.29. The van der Waals surface area contributed by atoms with Crippen LogP contribution in [0.4, 0.5) is 0 Å². The number of carbonyl (C=O) groups excluding carboxylic acids is 1. The molecule has 3 nitrogen and oxygen atoms in total. The van der Waals surface area contributed by atoms with Crippen molar-refractivity contribution in [2.45, 2.75) is 13.3 Å². The van der Waals surface area contributed by atoms with Gasteiger partial charge in [0.05, 0.1) is 19.2 Å². The molecule has 98 valence electrons. The van der Waals surface area contributed by atoms with E-state index in [9.17, 15) is 4.79 Å². The molecule has 3 heteroatoms. The number of nitrogens with zero attached hydrogens (tertiary/aromatic N) is 1. The van der Waals surface area contributed by atoms with Gasteiger partial charge in [-0.3, -0.25) is 9.69 Å². The Morgan fingerprint density at radius 2 is 2.11 bits per heavy atom. The largest absolute Gasteiger partial charge is 0.496 e. The van der Waals surface area contributed by atoms with Crippen LogP contribution in [0.5, 0.6) is 5.75 Å². The quantitative estimate of drug-likeness (QED) is 0.723. The Bertz CT molecular complexity index is 430. The van der Waals surface area contributed by atoms with Gasteiger partial charge in [0.15, 0.2) is 5.78 Å². The second-order valence-corrected chi connectivity index (χ2v) is 5.29. The van der Waals surface area contributed by atoms with E-state index in [1.807, 2.05) is 31.3 Å². The molecule has 18 heavy (non-hydrogen) atoms. The van der Waals surface area contributed by atoms with Gasteiger partial charge in [0.2, 0.25) is 0 Å². The molecule has 2 unspecified atom stereocenters. The Morgan fingerprint density at radius 1 is 1.44 bits per heavy atom. The van der Waals surface area contributed by atoms with Gasteiger partial charge in [-0.2, -0.15) is 0 Å². The SMILES string of the molecule is COc1ccccc1C(=O)CN(C)CC1CC1C. The van der Waals surface area contributed by atoms with Crippen molar-refractivity contribution in [1.82, 2.24) is 4.90 Å². The third-order valence-corrected chi connectivity index (χ3v) is 3.64. The van der Waals surface area contributed by atoms with E-state index in [2.05, 4.69) is 11.8 Å². The molecule has 1 aliphatic carbocycles. The van der Waals surface area contributed by atoms with Gasteiger partial charge < -0.3 is 4.74 Å². The summed E-state index contributed by atoms with van der Waals surface area (Å²) < 4.78 is 5.22. The molecule has 0 aromatic heterocycles. The first-order valence-corrected chi connectivity index (χ1v) is 6.46. The van der Waals surface area contributed by atoms with Crippen molar-refractivity contribution >= 4 is 5.78 Å². The summed E-state index contributed by atoms with van der Waals surface area (Å²) in [6.45, 7) is 3.74. The van der Waals surface area contributed by atoms with Crippen molar-refractivity contribution in [3.05, 3.63) is 29.8 Å². The zero-order chi connectivity index (χ0) is 13.1. The number of rotatable bonds is 6. The molecule has 0 spiro atoms. The summed E-state index contributed by atoms with van der Waals surface area (Å²) in [5, 5.41) is 0. The average molecular weight is 247 g/mol. The van der Waals surface area contributed by atoms with Crippen molar-refractivity contribution in [3.8, 4) is 5.75 Å². The van der Waals surface area contributed by atoms with Gasteiger partial charge in [-0.05, 0) is 37.4 Å². The Hall–Kier alpha value is -1.35. The maximum Gasteiger partial charge on any atom is 0.180 e. The fraction of sp³-hybridized carbons (Fsp3) is 0.533. The minimum absolute atomic E-state index is 0.128. The summed E-state index contributed by atoms with van der Waals surface area (Å²) in [6.07, 6.45) is 1.30. The van der Waals surface area contributed by atoms with Gasteiger partial charge in [-0.25, -0.2) is 0 Å². The highest BCUT2D eigenvalue weighted by Crippen LogP contribution is 2.37. The standard InChI is InChI=1S/C15H21NO2/c1-11-8-12(11)9-16(2)10-14(17)13-6-4-5-7-15(13)18-3/h4-7,11-12H,8-10H2,1-3H3. The van der Waals surface area contributed by atoms with Crippen molar-refractivity contribution in [1.29, 1.82) is 0 Å². The predicted octanol–water partition coefficient (Wildman–Crippen LogP) is 2.47. The Labute approximate surface area is 109 Å². The van der Waals surface area contributed by atoms with Crippen molar-refractivity contribution in [2.75, 3.05) is 27.2 Å². The van der Waals surface area contributed by atoms with Gasteiger partial charge in [0, 0.05) is 6.54 Å². The fourth-order valence-electron chi connectivity index (χ4n) is 2.32. The number of carbonyl (C=O) groups is 1. The minimum atomic E-state index is 0.128. The molecule has 0 aliphatic heterocycles. The molecule has 1 fully saturated rings. The number of para-hydroxylation sites is 1. The van der Waals surface area contributed by atoms with E-state index >= 15 is 0 Å². The van der Waals surface area contributed by atoms with Crippen LogP contribution in [-0.4, -0.2) is 37.9 Å². The Balaban J connectivity index is 1.94. The van der Waals surface area contributed by atoms with Crippen LogP contribution >= 0.6 is 0 Å². The van der Waals surface area contributed by atoms with Crippen molar-refractivity contribution in [3.63, 3.8) is 0 Å². The molecule has 0 bridgehead atoms. The maximum atomic E-state index is 12.2. The van der Waals surface area contributed by atoms with E-state index in [1.165, 1.54) is 6.42 Å². The van der Waals surface area contributed by atoms with E-state index in [4.69, 9.17) is 4.74 Å². The molecule has 1 saturated carbocycles. The van der Waals surface area contributed by atoms with Crippen LogP contribution in [0.2, 0.25) is 0 Å². The highest BCUT2D eigenvalue weighted by Gasteiger charge is 2.33. The summed E-state index contributed by atoms with van der Waals surface area (Å²) in [4.78, 5) is 14.3. The zero-order valence-electron chi connectivity index (χ0n) is 11.3. The first-order valence-electron chi connectivity index (χ1n) is 6.46. The minimum Gasteiger partial charge on any atom is -0.496 e. The average Bonchev–Trinajstić information content (AvgIpc) is 3.04. The fourth-order valence-corrected chi connectivity index (χ4v) is 2.32. The smallest absolute Gasteiger partial charge is 0.180 e. The summed E-state index contributed by atoms with van der Waals surface area (Å²) in [5.74, 6) is 2.40. The number of likely N-dealkylation sites (N-methyl/N-ethyl adjacent to an activating group) is 1. The molecule has 2 atom stereocenters. The highest BCUT2D eigenvalue weighted by molar-refractivity contribution is 6.00. The lowest BCUT2D eigenvalue weighted by Crippen LogP contribution is -2.28. The van der Waals surface area contributed by atoms with Crippen molar-refractivity contribution in [2.24, 2.45) is 11.8 Å². The molecule has 0 radical (unpaired) electrons. The molecule has 1 aromatic rings. The first-order chi connectivity index (χ1) is 8.61.